The summed E-state index contributed by atoms with van der Waals surface area (Å²) in [6.45, 7) is 1.72. The monoisotopic (exact) mass is 564 g/mol. The molecule has 1 aliphatic rings. The van der Waals surface area contributed by atoms with Gasteiger partial charge in [-0.15, -0.1) is 0 Å². The van der Waals surface area contributed by atoms with E-state index < -0.39 is 32.4 Å². The molecule has 0 unspecified atom stereocenters. The summed E-state index contributed by atoms with van der Waals surface area (Å²) in [4.78, 5) is 49.3. The molecule has 8 nitrogen and oxygen atoms in total. The van der Waals surface area contributed by atoms with Crippen molar-refractivity contribution < 1.29 is 14.6 Å². The first-order chi connectivity index (χ1) is 15.5. The highest BCUT2D eigenvalue weighted by atomic mass is 79.9. The van der Waals surface area contributed by atoms with E-state index in [1.54, 1.807) is 19.1 Å². The summed E-state index contributed by atoms with van der Waals surface area (Å²) >= 11 is 16.6. The molecule has 1 aliphatic heterocycles. The number of thioether (sulfide) groups is 1. The largest absolute Gasteiger partial charge is 0.289 e. The van der Waals surface area contributed by atoms with Gasteiger partial charge in [0.15, 0.2) is 5.43 Å². The number of rotatable bonds is 2. The summed E-state index contributed by atoms with van der Waals surface area (Å²) in [5.41, 5.74) is -0.635. The Hall–Kier alpha value is -2.79. The van der Waals surface area contributed by atoms with Crippen LogP contribution >= 0.6 is 50.9 Å². The van der Waals surface area contributed by atoms with E-state index in [1.165, 1.54) is 6.07 Å². The predicted molar refractivity (Wildman–Crippen MR) is 130 cm³/mol. The molecule has 0 saturated heterocycles. The Kier molecular flexibility index (Phi) is 4.91. The number of carbonyl (C=O) groups excluding carboxylic acids is 1. The highest BCUT2D eigenvalue weighted by Crippen LogP contribution is 2.47. The van der Waals surface area contributed by atoms with Crippen LogP contribution in [0, 0.1) is 27.2 Å². The predicted octanol–water partition coefficient (Wildman–Crippen LogP) is 5.80. The molecule has 1 heterocycles. The van der Waals surface area contributed by atoms with Crippen molar-refractivity contribution in [2.24, 2.45) is 0 Å². The lowest BCUT2D eigenvalue weighted by atomic mass is 10.0. The van der Waals surface area contributed by atoms with Crippen molar-refractivity contribution >= 4 is 94.5 Å². The summed E-state index contributed by atoms with van der Waals surface area (Å²) in [6.07, 6.45) is 0. The van der Waals surface area contributed by atoms with Gasteiger partial charge in [0.05, 0.1) is 14.8 Å². The van der Waals surface area contributed by atoms with Crippen LogP contribution in [-0.2, 0) is 0 Å². The Morgan fingerprint density at radius 2 is 1.58 bits per heavy atom. The number of halogens is 3. The summed E-state index contributed by atoms with van der Waals surface area (Å²) in [5, 5.41) is 23.6. The van der Waals surface area contributed by atoms with E-state index in [9.17, 15) is 29.8 Å². The number of Topliss-reactive ketones (excluding diaryl/α,β-unsaturated/α-hetero) is 1. The molecule has 0 N–H and O–H groups in total. The molecule has 0 atom stereocenters. The van der Waals surface area contributed by atoms with Crippen LogP contribution in [0.5, 0.6) is 0 Å². The van der Waals surface area contributed by atoms with Crippen LogP contribution in [0.25, 0.3) is 26.5 Å². The molecule has 0 spiro atoms. The first-order valence-corrected chi connectivity index (χ1v) is 11.5. The molecule has 0 bridgehead atoms. The number of nitro groups is 2. The molecular formula is C21H7BrCl2N2O6S. The SMILES string of the molecule is Cc1cc(Cl)cc2c1C(=O)/C(=c1/c(=O)c3cc([N+](=O)[O-])c(Cl)c4c(Br)c([N+](=O)[O-])cc1c43)S2. The highest BCUT2D eigenvalue weighted by molar-refractivity contribution is 9.10. The van der Waals surface area contributed by atoms with Gasteiger partial charge in [-0.2, -0.15) is 0 Å². The number of fused-ring (bicyclic) bond motifs is 1. The molecular weight excluding hydrogens is 559 g/mol. The van der Waals surface area contributed by atoms with E-state index in [2.05, 4.69) is 15.9 Å². The van der Waals surface area contributed by atoms with E-state index in [0.717, 1.165) is 17.8 Å². The van der Waals surface area contributed by atoms with Gasteiger partial charge in [-0.3, -0.25) is 29.8 Å². The maximum atomic E-state index is 13.5. The first kappa shape index (κ1) is 22.0. The van der Waals surface area contributed by atoms with Crippen LogP contribution in [0.1, 0.15) is 15.9 Å². The maximum absolute atomic E-state index is 13.5. The molecule has 33 heavy (non-hydrogen) atoms. The number of nitro benzene ring substituents is 2. The Morgan fingerprint density at radius 1 is 0.939 bits per heavy atom. The van der Waals surface area contributed by atoms with Gasteiger partial charge in [-0.25, -0.2) is 0 Å². The van der Waals surface area contributed by atoms with E-state index in [-0.39, 0.29) is 41.2 Å². The van der Waals surface area contributed by atoms with Gasteiger partial charge in [0.1, 0.15) is 9.50 Å². The van der Waals surface area contributed by atoms with Crippen LogP contribution in [0.15, 0.2) is 38.4 Å². The van der Waals surface area contributed by atoms with Crippen molar-refractivity contribution in [3.8, 4) is 0 Å². The van der Waals surface area contributed by atoms with Gasteiger partial charge < -0.3 is 0 Å². The molecule has 5 rings (SSSR count). The van der Waals surface area contributed by atoms with Crippen LogP contribution in [-0.4, -0.2) is 15.6 Å². The Balaban J connectivity index is 2.04. The van der Waals surface area contributed by atoms with Crippen molar-refractivity contribution in [3.05, 3.63) is 85.6 Å². The zero-order chi connectivity index (χ0) is 23.9. The molecule has 0 fully saturated rings. The van der Waals surface area contributed by atoms with Gasteiger partial charge in [-0.05, 0) is 40.5 Å². The van der Waals surface area contributed by atoms with Gasteiger partial charge in [0, 0.05) is 54.4 Å². The van der Waals surface area contributed by atoms with Crippen LogP contribution in [0.4, 0.5) is 11.4 Å². The third kappa shape index (κ3) is 2.98. The number of aryl methyl sites for hydroxylation is 1. The van der Waals surface area contributed by atoms with Crippen LogP contribution < -0.4 is 10.6 Å². The molecule has 0 aliphatic carbocycles. The average molecular weight is 566 g/mol. The lowest BCUT2D eigenvalue weighted by Gasteiger charge is -2.06. The van der Waals surface area contributed by atoms with Crippen molar-refractivity contribution in [1.82, 2.24) is 0 Å². The summed E-state index contributed by atoms with van der Waals surface area (Å²) in [7, 11) is 0. The molecule has 164 valence electrons. The van der Waals surface area contributed by atoms with Crippen molar-refractivity contribution in [1.29, 1.82) is 0 Å². The minimum atomic E-state index is -0.766. The number of carbonyl (C=O) groups is 1. The molecule has 0 radical (unpaired) electrons. The normalized spacial score (nSPS) is 15.0. The fourth-order valence-electron chi connectivity index (χ4n) is 4.17. The van der Waals surface area contributed by atoms with Crippen molar-refractivity contribution in [3.63, 3.8) is 0 Å². The number of nitrogens with zero attached hydrogens (tertiary/aromatic N) is 2. The number of benzene rings is 3. The first-order valence-electron chi connectivity index (χ1n) is 9.12. The minimum Gasteiger partial charge on any atom is -0.289 e. The van der Waals surface area contributed by atoms with Gasteiger partial charge in [0.2, 0.25) is 5.78 Å². The zero-order valence-corrected chi connectivity index (χ0v) is 20.1. The summed E-state index contributed by atoms with van der Waals surface area (Å²) in [6, 6.07) is 5.46. The highest BCUT2D eigenvalue weighted by Gasteiger charge is 2.33. The Bertz CT molecular complexity index is 1730. The second-order valence-electron chi connectivity index (χ2n) is 7.34. The second-order valence-corrected chi connectivity index (χ2v) is 10.00. The summed E-state index contributed by atoms with van der Waals surface area (Å²) in [5.74, 6) is -0.417. The average Bonchev–Trinajstić information content (AvgIpc) is 3.18. The van der Waals surface area contributed by atoms with Crippen LogP contribution in [0.3, 0.4) is 0 Å². The smallest absolute Gasteiger partial charge is 0.289 e. The van der Waals surface area contributed by atoms with E-state index >= 15 is 0 Å². The second kappa shape index (κ2) is 7.36. The minimum absolute atomic E-state index is 0.0267. The topological polar surface area (TPSA) is 120 Å². The quantitative estimate of drug-likeness (QED) is 0.222. The van der Waals surface area contributed by atoms with Gasteiger partial charge >= 0.3 is 0 Å². The zero-order valence-electron chi connectivity index (χ0n) is 16.2. The van der Waals surface area contributed by atoms with Crippen molar-refractivity contribution in [2.75, 3.05) is 0 Å². The maximum Gasteiger partial charge on any atom is 0.289 e. The lowest BCUT2D eigenvalue weighted by Crippen LogP contribution is -2.23. The van der Waals surface area contributed by atoms with Gasteiger partial charge in [-0.1, -0.05) is 35.0 Å². The third-order valence-corrected chi connectivity index (χ3v) is 8.05. The molecule has 0 aromatic heterocycles. The third-order valence-electron chi connectivity index (χ3n) is 5.51. The van der Waals surface area contributed by atoms with E-state index in [0.29, 0.717) is 21.0 Å². The molecule has 0 saturated carbocycles. The fraction of sp³-hybridized carbons (Fsp3) is 0.0476. The lowest BCUT2D eigenvalue weighted by molar-refractivity contribution is -0.385. The fourth-order valence-corrected chi connectivity index (χ4v) is 6.85. The molecule has 4 aromatic rings. The molecule has 4 aromatic carbocycles. The molecule has 0 amide bonds. The number of hydrogen-bond donors (Lipinski definition) is 0. The molecule has 12 heteroatoms. The Morgan fingerprint density at radius 3 is 2.21 bits per heavy atom. The number of ketones is 1. The number of hydrogen-bond acceptors (Lipinski definition) is 7. The van der Waals surface area contributed by atoms with Crippen LogP contribution in [0.2, 0.25) is 10.0 Å². The van der Waals surface area contributed by atoms with E-state index in [4.69, 9.17) is 23.2 Å². The summed E-state index contributed by atoms with van der Waals surface area (Å²) < 4.78 is -0.0865. The van der Waals surface area contributed by atoms with Gasteiger partial charge in [0.25, 0.3) is 11.4 Å². The van der Waals surface area contributed by atoms with Crippen molar-refractivity contribution in [2.45, 2.75) is 11.8 Å². The Labute approximate surface area is 205 Å². The standard InChI is InChI=1S/C21H7BrCl2N2O6S/c1-6-2-7(23)3-12-13(6)20(28)21(33-12)15-8-4-10(25(29)30)17(22)16-14(8)9(19(15)27)5-11(18(16)24)26(31)32/h2-5H,1H3/b21-15-. The van der Waals surface area contributed by atoms with E-state index in [1.807, 2.05) is 0 Å².